The average molecular weight is 427 g/mol. The summed E-state index contributed by atoms with van der Waals surface area (Å²) in [5.74, 6) is -3.04. The number of nitrogens with zero attached hydrogens (tertiary/aromatic N) is 2. The molecule has 28 heavy (non-hydrogen) atoms. The van der Waals surface area contributed by atoms with E-state index in [0.29, 0.717) is 25.9 Å². The van der Waals surface area contributed by atoms with Crippen LogP contribution in [-0.2, 0) is 10.0 Å². The van der Waals surface area contributed by atoms with Crippen molar-refractivity contribution >= 4 is 27.7 Å². The highest BCUT2D eigenvalue weighted by molar-refractivity contribution is 7.99. The molecular formula is C18H19F2N3O3S2. The predicted molar refractivity (Wildman–Crippen MR) is 102 cm³/mol. The van der Waals surface area contributed by atoms with Gasteiger partial charge in [-0.25, -0.2) is 18.1 Å². The molecular weight excluding hydrogens is 408 g/mol. The molecule has 1 aliphatic rings. The minimum Gasteiger partial charge on any atom is -0.338 e. The van der Waals surface area contributed by atoms with E-state index in [2.05, 4.69) is 9.71 Å². The number of aromatic nitrogens is 1. The smallest absolute Gasteiger partial charge is 0.290 e. The molecule has 10 heteroatoms. The zero-order valence-electron chi connectivity index (χ0n) is 14.8. The van der Waals surface area contributed by atoms with Crippen molar-refractivity contribution in [3.63, 3.8) is 0 Å². The fourth-order valence-electron chi connectivity index (χ4n) is 2.99. The molecule has 0 aliphatic carbocycles. The summed E-state index contributed by atoms with van der Waals surface area (Å²) in [5.41, 5.74) is 0.135. The number of likely N-dealkylation sites (tertiary alicyclic amines) is 1. The summed E-state index contributed by atoms with van der Waals surface area (Å²) in [5, 5.41) is -0.00518. The number of halogens is 2. The van der Waals surface area contributed by atoms with Crippen molar-refractivity contribution in [1.82, 2.24) is 14.6 Å². The third kappa shape index (κ3) is 5.06. The number of piperidine rings is 1. The van der Waals surface area contributed by atoms with Crippen molar-refractivity contribution in [2.75, 3.05) is 13.1 Å². The summed E-state index contributed by atoms with van der Waals surface area (Å²) in [6.07, 6.45) is 2.25. The quantitative estimate of drug-likeness (QED) is 0.717. The van der Waals surface area contributed by atoms with Crippen LogP contribution < -0.4 is 4.72 Å². The van der Waals surface area contributed by atoms with Gasteiger partial charge in [0.1, 0.15) is 5.03 Å². The summed E-state index contributed by atoms with van der Waals surface area (Å²) in [6.45, 7) is 0.656. The average Bonchev–Trinajstić information content (AvgIpc) is 2.68. The number of amides is 1. The highest BCUT2D eigenvalue weighted by Gasteiger charge is 2.28. The molecule has 1 N–H and O–H groups in total. The number of carbonyl (C=O) groups excluding carboxylic acids is 1. The maximum atomic E-state index is 12.7. The third-order valence-electron chi connectivity index (χ3n) is 4.36. The molecule has 2 aromatic rings. The van der Waals surface area contributed by atoms with Gasteiger partial charge in [0.25, 0.3) is 11.7 Å². The Kier molecular flexibility index (Phi) is 6.63. The van der Waals surface area contributed by atoms with Crippen molar-refractivity contribution in [2.24, 2.45) is 0 Å². The third-order valence-corrected chi connectivity index (χ3v) is 6.62. The number of sulfonamides is 1. The minimum absolute atomic E-state index is 0.00518. The van der Waals surface area contributed by atoms with Crippen LogP contribution in [0.2, 0.25) is 0 Å². The Morgan fingerprint density at radius 3 is 2.46 bits per heavy atom. The molecule has 1 aromatic carbocycles. The number of hydrogen-bond acceptors (Lipinski definition) is 5. The summed E-state index contributed by atoms with van der Waals surface area (Å²) in [6, 6.07) is 10.8. The lowest BCUT2D eigenvalue weighted by molar-refractivity contribution is 0.0707. The van der Waals surface area contributed by atoms with Crippen molar-refractivity contribution in [3.8, 4) is 0 Å². The van der Waals surface area contributed by atoms with Gasteiger partial charge in [0.05, 0.1) is 10.5 Å². The Morgan fingerprint density at radius 2 is 1.82 bits per heavy atom. The Bertz CT molecular complexity index is 919. The number of rotatable bonds is 6. The largest absolute Gasteiger partial charge is 0.338 e. The number of pyridine rings is 1. The highest BCUT2D eigenvalue weighted by atomic mass is 32.2. The van der Waals surface area contributed by atoms with Crippen molar-refractivity contribution in [1.29, 1.82) is 0 Å². The van der Waals surface area contributed by atoms with Gasteiger partial charge in [-0.05, 0) is 48.9 Å². The molecule has 0 bridgehead atoms. The lowest BCUT2D eigenvalue weighted by Crippen LogP contribution is -2.46. The SMILES string of the molecule is O=C(c1cccnc1SC(F)F)N1CCC(NS(=O)(=O)c2ccccc2)CC1. The van der Waals surface area contributed by atoms with Crippen LogP contribution in [0.15, 0.2) is 58.6 Å². The maximum absolute atomic E-state index is 12.7. The van der Waals surface area contributed by atoms with Crippen molar-refractivity contribution in [2.45, 2.75) is 34.6 Å². The lowest BCUT2D eigenvalue weighted by atomic mass is 10.1. The second-order valence-electron chi connectivity index (χ2n) is 6.24. The number of alkyl halides is 2. The van der Waals surface area contributed by atoms with Crippen LogP contribution in [0.4, 0.5) is 8.78 Å². The standard InChI is InChI=1S/C18H19F2N3O3S2/c19-18(20)27-16-15(7-4-10-21-16)17(24)23-11-8-13(9-12-23)22-28(25,26)14-5-2-1-3-6-14/h1-7,10,13,18,22H,8-9,11-12H2. The van der Waals surface area contributed by atoms with Crippen LogP contribution in [-0.4, -0.2) is 49.1 Å². The molecule has 1 saturated heterocycles. The van der Waals surface area contributed by atoms with Crippen molar-refractivity contribution < 1.29 is 22.0 Å². The molecule has 0 radical (unpaired) electrons. The van der Waals surface area contributed by atoms with Gasteiger partial charge in [-0.1, -0.05) is 18.2 Å². The predicted octanol–water partition coefficient (Wildman–Crippen LogP) is 2.98. The Morgan fingerprint density at radius 1 is 1.14 bits per heavy atom. The van der Waals surface area contributed by atoms with Gasteiger partial charge >= 0.3 is 0 Å². The first-order valence-electron chi connectivity index (χ1n) is 8.63. The van der Waals surface area contributed by atoms with E-state index in [1.54, 1.807) is 23.1 Å². The molecule has 150 valence electrons. The Hall–Kier alpha value is -2.04. The summed E-state index contributed by atoms with van der Waals surface area (Å²) >= 11 is 0.240. The van der Waals surface area contributed by atoms with Crippen LogP contribution in [0.1, 0.15) is 23.2 Å². The molecule has 6 nitrogen and oxygen atoms in total. The molecule has 0 unspecified atom stereocenters. The molecule has 3 rings (SSSR count). The minimum atomic E-state index is -3.62. The van der Waals surface area contributed by atoms with E-state index in [1.165, 1.54) is 30.5 Å². The second kappa shape index (κ2) is 8.97. The lowest BCUT2D eigenvalue weighted by Gasteiger charge is -2.32. The molecule has 1 fully saturated rings. The normalized spacial score (nSPS) is 15.8. The van der Waals surface area contributed by atoms with Gasteiger partial charge in [0, 0.05) is 25.3 Å². The van der Waals surface area contributed by atoms with Crippen LogP contribution in [0.5, 0.6) is 0 Å². The van der Waals surface area contributed by atoms with Crippen LogP contribution in [0.25, 0.3) is 0 Å². The van der Waals surface area contributed by atoms with Crippen molar-refractivity contribution in [3.05, 3.63) is 54.2 Å². The molecule has 1 aromatic heterocycles. The van der Waals surface area contributed by atoms with Gasteiger partial charge in [0.2, 0.25) is 10.0 Å². The fourth-order valence-corrected chi connectivity index (χ4v) is 4.89. The van der Waals surface area contributed by atoms with E-state index in [-0.39, 0.29) is 39.2 Å². The summed E-state index contributed by atoms with van der Waals surface area (Å²) < 4.78 is 52.9. The molecule has 1 amide bonds. The van der Waals surface area contributed by atoms with E-state index in [1.807, 2.05) is 0 Å². The zero-order chi connectivity index (χ0) is 20.1. The van der Waals surface area contributed by atoms with Gasteiger partial charge in [-0.3, -0.25) is 4.79 Å². The number of carbonyl (C=O) groups is 1. The molecule has 1 aliphatic heterocycles. The van der Waals surface area contributed by atoms with Gasteiger partial charge in [-0.15, -0.1) is 0 Å². The maximum Gasteiger partial charge on any atom is 0.290 e. The second-order valence-corrected chi connectivity index (χ2v) is 8.93. The van der Waals surface area contributed by atoms with E-state index in [0.717, 1.165) is 0 Å². The van der Waals surface area contributed by atoms with Gasteiger partial charge in [-0.2, -0.15) is 8.78 Å². The highest BCUT2D eigenvalue weighted by Crippen LogP contribution is 2.28. The summed E-state index contributed by atoms with van der Waals surface area (Å²) in [4.78, 5) is 18.3. The fraction of sp³-hybridized carbons (Fsp3) is 0.333. The van der Waals surface area contributed by atoms with Crippen LogP contribution in [0, 0.1) is 0 Å². The Labute approximate surface area is 166 Å². The number of benzene rings is 1. The zero-order valence-corrected chi connectivity index (χ0v) is 16.4. The van der Waals surface area contributed by atoms with E-state index < -0.39 is 15.8 Å². The van der Waals surface area contributed by atoms with Crippen LogP contribution in [0.3, 0.4) is 0 Å². The summed E-state index contributed by atoms with van der Waals surface area (Å²) in [7, 11) is -3.62. The Balaban J connectivity index is 1.62. The first-order valence-corrected chi connectivity index (χ1v) is 11.0. The first kappa shape index (κ1) is 20.7. The van der Waals surface area contributed by atoms with E-state index in [4.69, 9.17) is 0 Å². The molecule has 2 heterocycles. The van der Waals surface area contributed by atoms with Gasteiger partial charge in [0.15, 0.2) is 0 Å². The number of hydrogen-bond donors (Lipinski definition) is 1. The number of nitrogens with one attached hydrogen (secondary N) is 1. The van der Waals surface area contributed by atoms with Crippen LogP contribution >= 0.6 is 11.8 Å². The molecule has 0 saturated carbocycles. The molecule has 0 atom stereocenters. The first-order chi connectivity index (χ1) is 13.4. The van der Waals surface area contributed by atoms with E-state index >= 15 is 0 Å². The topological polar surface area (TPSA) is 79.4 Å². The molecule has 0 spiro atoms. The monoisotopic (exact) mass is 427 g/mol. The van der Waals surface area contributed by atoms with Gasteiger partial charge < -0.3 is 4.90 Å². The van der Waals surface area contributed by atoms with E-state index in [9.17, 15) is 22.0 Å². The number of thioether (sulfide) groups is 1.